The van der Waals surface area contributed by atoms with Gasteiger partial charge in [-0.3, -0.25) is 4.21 Å². The molecule has 0 aromatic rings. The van der Waals surface area contributed by atoms with E-state index in [1.165, 1.54) is 0 Å². The molecule has 4 heteroatoms. The minimum Gasteiger partial charge on any atom is -0.396 e. The Hall–Kier alpha value is 0.0700. The van der Waals surface area contributed by atoms with Gasteiger partial charge >= 0.3 is 0 Å². The van der Waals surface area contributed by atoms with Crippen LogP contribution in [0, 0.1) is 5.41 Å². The topological polar surface area (TPSA) is 49.3 Å². The summed E-state index contributed by atoms with van der Waals surface area (Å²) in [5, 5.41) is 12.4. The Balaban J connectivity index is 3.57. The summed E-state index contributed by atoms with van der Waals surface area (Å²) in [6, 6.07) is 0. The van der Waals surface area contributed by atoms with Crippen LogP contribution in [0.2, 0.25) is 0 Å². The van der Waals surface area contributed by atoms with Crippen molar-refractivity contribution in [3.63, 3.8) is 0 Å². The molecule has 0 aliphatic carbocycles. The van der Waals surface area contributed by atoms with Crippen molar-refractivity contribution in [1.29, 1.82) is 0 Å². The molecule has 0 amide bonds. The zero-order chi connectivity index (χ0) is 11.0. The lowest BCUT2D eigenvalue weighted by Gasteiger charge is -2.25. The van der Waals surface area contributed by atoms with Crippen LogP contribution in [0.4, 0.5) is 0 Å². The monoisotopic (exact) mass is 221 g/mol. The highest BCUT2D eigenvalue weighted by molar-refractivity contribution is 7.84. The van der Waals surface area contributed by atoms with Gasteiger partial charge in [0.1, 0.15) is 0 Å². The summed E-state index contributed by atoms with van der Waals surface area (Å²) in [6.07, 6.45) is 0.952. The average Bonchev–Trinajstić information content (AvgIpc) is 2.23. The van der Waals surface area contributed by atoms with Crippen molar-refractivity contribution < 1.29 is 9.32 Å². The van der Waals surface area contributed by atoms with E-state index >= 15 is 0 Å². The summed E-state index contributed by atoms with van der Waals surface area (Å²) in [5.74, 6) is 1.44. The van der Waals surface area contributed by atoms with E-state index in [1.54, 1.807) is 0 Å². The predicted octanol–water partition coefficient (Wildman–Crippen LogP) is 0.753. The van der Waals surface area contributed by atoms with Gasteiger partial charge in [0, 0.05) is 47.4 Å². The number of aliphatic hydroxyl groups is 1. The Kier molecular flexibility index (Phi) is 7.41. The van der Waals surface area contributed by atoms with Gasteiger partial charge in [-0.05, 0) is 6.42 Å². The maximum atomic E-state index is 11.1. The van der Waals surface area contributed by atoms with Crippen molar-refractivity contribution in [2.75, 3.05) is 31.2 Å². The second-order valence-electron chi connectivity index (χ2n) is 3.93. The average molecular weight is 221 g/mol. The summed E-state index contributed by atoms with van der Waals surface area (Å²) in [4.78, 5) is 0. The number of nitrogens with one attached hydrogen (secondary N) is 1. The van der Waals surface area contributed by atoms with Crippen LogP contribution in [-0.2, 0) is 10.8 Å². The Bertz CT molecular complexity index is 170. The highest BCUT2D eigenvalue weighted by Crippen LogP contribution is 2.17. The minimum atomic E-state index is -0.684. The van der Waals surface area contributed by atoms with Gasteiger partial charge in [0.05, 0.1) is 0 Å². The molecular weight excluding hydrogens is 198 g/mol. The van der Waals surface area contributed by atoms with Crippen molar-refractivity contribution in [3.05, 3.63) is 0 Å². The Labute approximate surface area is 89.7 Å². The van der Waals surface area contributed by atoms with Crippen LogP contribution in [-0.4, -0.2) is 40.5 Å². The molecule has 0 spiro atoms. The number of hydrogen-bond donors (Lipinski definition) is 2. The van der Waals surface area contributed by atoms with E-state index in [4.69, 9.17) is 5.11 Å². The summed E-state index contributed by atoms with van der Waals surface area (Å²) in [6.45, 7) is 7.82. The molecule has 2 N–H and O–H groups in total. The molecule has 0 aromatic heterocycles. The first-order valence-electron chi connectivity index (χ1n) is 5.24. The molecule has 2 atom stereocenters. The molecule has 0 aromatic carbocycles. The zero-order valence-corrected chi connectivity index (χ0v) is 10.3. The van der Waals surface area contributed by atoms with Crippen LogP contribution in [0.5, 0.6) is 0 Å². The van der Waals surface area contributed by atoms with Crippen LogP contribution >= 0.6 is 0 Å². The molecule has 0 heterocycles. The largest absolute Gasteiger partial charge is 0.396 e. The molecule has 0 radical (unpaired) electrons. The molecule has 14 heavy (non-hydrogen) atoms. The van der Waals surface area contributed by atoms with Crippen LogP contribution in [0.15, 0.2) is 0 Å². The van der Waals surface area contributed by atoms with E-state index in [0.29, 0.717) is 5.75 Å². The van der Waals surface area contributed by atoms with Gasteiger partial charge in [0.2, 0.25) is 0 Å². The highest BCUT2D eigenvalue weighted by Gasteiger charge is 2.19. The number of hydrogen-bond acceptors (Lipinski definition) is 3. The first kappa shape index (κ1) is 14.1. The van der Waals surface area contributed by atoms with Crippen LogP contribution < -0.4 is 5.32 Å². The lowest BCUT2D eigenvalue weighted by atomic mass is 9.89. The highest BCUT2D eigenvalue weighted by atomic mass is 32.2. The van der Waals surface area contributed by atoms with E-state index in [2.05, 4.69) is 19.2 Å². The summed E-state index contributed by atoms with van der Waals surface area (Å²) >= 11 is 0. The fraction of sp³-hybridized carbons (Fsp3) is 1.00. The lowest BCUT2D eigenvalue weighted by molar-refractivity contribution is 0.136. The molecule has 2 unspecified atom stereocenters. The van der Waals surface area contributed by atoms with Gasteiger partial charge < -0.3 is 10.4 Å². The first-order valence-corrected chi connectivity index (χ1v) is 6.73. The van der Waals surface area contributed by atoms with Gasteiger partial charge in [-0.1, -0.05) is 20.8 Å². The summed E-state index contributed by atoms with van der Waals surface area (Å²) in [7, 11) is -0.684. The van der Waals surface area contributed by atoms with E-state index in [1.807, 2.05) is 6.92 Å². The maximum absolute atomic E-state index is 11.1. The van der Waals surface area contributed by atoms with Crippen LogP contribution in [0.1, 0.15) is 27.2 Å². The van der Waals surface area contributed by atoms with Crippen LogP contribution in [0.25, 0.3) is 0 Å². The van der Waals surface area contributed by atoms with Crippen LogP contribution in [0.3, 0.4) is 0 Å². The Morgan fingerprint density at radius 3 is 2.50 bits per heavy atom. The smallest absolute Gasteiger partial charge is 0.0496 e. The molecule has 0 fully saturated rings. The first-order chi connectivity index (χ1) is 6.58. The van der Waals surface area contributed by atoms with Crippen molar-refractivity contribution in [3.8, 4) is 0 Å². The molecule has 0 rings (SSSR count). The fourth-order valence-electron chi connectivity index (χ4n) is 1.01. The molecule has 3 nitrogen and oxygen atoms in total. The van der Waals surface area contributed by atoms with Gasteiger partial charge in [-0.2, -0.15) is 0 Å². The van der Waals surface area contributed by atoms with E-state index < -0.39 is 10.8 Å². The molecule has 0 saturated carbocycles. The van der Waals surface area contributed by atoms with E-state index in [-0.39, 0.29) is 12.0 Å². The number of aliphatic hydroxyl groups excluding tert-OH is 1. The van der Waals surface area contributed by atoms with Crippen molar-refractivity contribution >= 4 is 10.8 Å². The molecule has 0 bridgehead atoms. The second kappa shape index (κ2) is 7.37. The van der Waals surface area contributed by atoms with Gasteiger partial charge in [0.25, 0.3) is 0 Å². The SMILES string of the molecule is CCS(=O)CCNCC(C)(CC)CO. The summed E-state index contributed by atoms with van der Waals surface area (Å²) < 4.78 is 11.1. The van der Waals surface area contributed by atoms with Gasteiger partial charge in [-0.15, -0.1) is 0 Å². The van der Waals surface area contributed by atoms with Crippen molar-refractivity contribution in [2.45, 2.75) is 27.2 Å². The van der Waals surface area contributed by atoms with Crippen molar-refractivity contribution in [2.24, 2.45) is 5.41 Å². The molecule has 0 saturated heterocycles. The second-order valence-corrected chi connectivity index (χ2v) is 5.80. The third-order valence-electron chi connectivity index (χ3n) is 2.62. The third kappa shape index (κ3) is 5.73. The fourth-order valence-corrected chi connectivity index (χ4v) is 1.67. The van der Waals surface area contributed by atoms with Gasteiger partial charge in [0.15, 0.2) is 0 Å². The Morgan fingerprint density at radius 2 is 2.07 bits per heavy atom. The molecule has 0 aliphatic rings. The molecule has 86 valence electrons. The normalized spacial score (nSPS) is 17.7. The Morgan fingerprint density at radius 1 is 1.43 bits per heavy atom. The minimum absolute atomic E-state index is 0.0340. The lowest BCUT2D eigenvalue weighted by Crippen LogP contribution is -2.36. The number of rotatable bonds is 8. The third-order valence-corrected chi connectivity index (χ3v) is 3.92. The standard InChI is InChI=1S/C10H23NO2S/c1-4-10(3,9-12)8-11-6-7-14(13)5-2/h11-12H,4-9H2,1-3H3. The maximum Gasteiger partial charge on any atom is 0.0496 e. The molecular formula is C10H23NO2S. The predicted molar refractivity (Wildman–Crippen MR) is 61.9 cm³/mol. The van der Waals surface area contributed by atoms with E-state index in [0.717, 1.165) is 25.3 Å². The zero-order valence-electron chi connectivity index (χ0n) is 9.51. The molecule has 0 aliphatic heterocycles. The summed E-state index contributed by atoms with van der Waals surface area (Å²) in [5.41, 5.74) is -0.0340. The van der Waals surface area contributed by atoms with E-state index in [9.17, 15) is 4.21 Å². The van der Waals surface area contributed by atoms with Gasteiger partial charge in [-0.25, -0.2) is 0 Å². The quantitative estimate of drug-likeness (QED) is 0.595. The van der Waals surface area contributed by atoms with Crippen molar-refractivity contribution in [1.82, 2.24) is 5.32 Å².